The minimum absolute atomic E-state index is 0.0167. The molecule has 3 amide bonds. The maximum absolute atomic E-state index is 13.1. The van der Waals surface area contributed by atoms with Crippen molar-refractivity contribution >= 4 is 46.9 Å². The lowest BCUT2D eigenvalue weighted by molar-refractivity contribution is -0.114. The van der Waals surface area contributed by atoms with E-state index in [1.165, 1.54) is 24.1 Å². The van der Waals surface area contributed by atoms with Gasteiger partial charge in [-0.2, -0.15) is 0 Å². The summed E-state index contributed by atoms with van der Waals surface area (Å²) in [5.74, 6) is 0.000713. The number of para-hydroxylation sites is 2. The second kappa shape index (κ2) is 13.0. The van der Waals surface area contributed by atoms with E-state index in [2.05, 4.69) is 16.0 Å². The minimum atomic E-state index is -0.526. The number of anilines is 2. The van der Waals surface area contributed by atoms with Crippen LogP contribution >= 0.6 is 11.8 Å². The molecule has 0 saturated heterocycles. The average molecular weight is 528 g/mol. The summed E-state index contributed by atoms with van der Waals surface area (Å²) in [6.07, 6.45) is 2.93. The number of carbonyl (C=O) groups is 3. The fourth-order valence-electron chi connectivity index (χ4n) is 3.40. The van der Waals surface area contributed by atoms with Crippen molar-refractivity contribution < 1.29 is 23.5 Å². The number of hydrogen-bond donors (Lipinski definition) is 3. The van der Waals surface area contributed by atoms with Gasteiger partial charge < -0.3 is 25.1 Å². The molecule has 0 fully saturated rings. The van der Waals surface area contributed by atoms with E-state index in [-0.39, 0.29) is 17.4 Å². The predicted octanol–water partition coefficient (Wildman–Crippen LogP) is 5.43. The van der Waals surface area contributed by atoms with Gasteiger partial charge in [0.1, 0.15) is 17.2 Å². The van der Waals surface area contributed by atoms with Crippen LogP contribution in [0.15, 0.2) is 112 Å². The van der Waals surface area contributed by atoms with E-state index in [0.717, 1.165) is 4.90 Å². The molecule has 0 saturated carbocycles. The van der Waals surface area contributed by atoms with Crippen LogP contribution in [0.5, 0.6) is 5.75 Å². The van der Waals surface area contributed by atoms with Gasteiger partial charge in [0.25, 0.3) is 11.8 Å². The predicted molar refractivity (Wildman–Crippen MR) is 148 cm³/mol. The van der Waals surface area contributed by atoms with Crippen molar-refractivity contribution in [1.82, 2.24) is 5.32 Å². The van der Waals surface area contributed by atoms with Crippen LogP contribution < -0.4 is 20.7 Å². The molecule has 1 heterocycles. The summed E-state index contributed by atoms with van der Waals surface area (Å²) in [6.45, 7) is 0. The first kappa shape index (κ1) is 26.3. The van der Waals surface area contributed by atoms with Crippen molar-refractivity contribution in [1.29, 1.82) is 0 Å². The van der Waals surface area contributed by atoms with E-state index in [1.54, 1.807) is 79.9 Å². The van der Waals surface area contributed by atoms with Crippen molar-refractivity contribution in [2.45, 2.75) is 4.90 Å². The van der Waals surface area contributed by atoms with Crippen LogP contribution in [0.4, 0.5) is 11.4 Å². The molecule has 0 unspecified atom stereocenters. The number of carbonyl (C=O) groups excluding carboxylic acids is 3. The number of ether oxygens (including phenoxy) is 1. The van der Waals surface area contributed by atoms with Gasteiger partial charge in [-0.25, -0.2) is 0 Å². The van der Waals surface area contributed by atoms with Crippen LogP contribution in [-0.4, -0.2) is 30.6 Å². The van der Waals surface area contributed by atoms with E-state index in [1.807, 2.05) is 18.2 Å². The largest absolute Gasteiger partial charge is 0.495 e. The third-order valence-corrected chi connectivity index (χ3v) is 6.20. The molecule has 0 bridgehead atoms. The zero-order valence-corrected chi connectivity index (χ0v) is 21.3. The van der Waals surface area contributed by atoms with E-state index in [0.29, 0.717) is 28.4 Å². The lowest BCUT2D eigenvalue weighted by Gasteiger charge is -2.12. The Morgan fingerprint density at radius 1 is 0.895 bits per heavy atom. The number of benzene rings is 3. The Bertz CT molecular complexity index is 1440. The van der Waals surface area contributed by atoms with Crippen molar-refractivity contribution in [3.63, 3.8) is 0 Å². The van der Waals surface area contributed by atoms with Gasteiger partial charge >= 0.3 is 0 Å². The lowest BCUT2D eigenvalue weighted by atomic mass is 10.2. The molecule has 4 rings (SSSR count). The molecule has 0 atom stereocenters. The van der Waals surface area contributed by atoms with E-state index < -0.39 is 11.8 Å². The maximum atomic E-state index is 13.1. The van der Waals surface area contributed by atoms with Gasteiger partial charge in [-0.05, 0) is 54.6 Å². The van der Waals surface area contributed by atoms with E-state index >= 15 is 0 Å². The topological polar surface area (TPSA) is 110 Å². The Labute approximate surface area is 224 Å². The molecule has 0 aliphatic carbocycles. The highest BCUT2D eigenvalue weighted by Crippen LogP contribution is 2.25. The highest BCUT2D eigenvalue weighted by molar-refractivity contribution is 8.00. The fourth-order valence-corrected chi connectivity index (χ4v) is 4.16. The van der Waals surface area contributed by atoms with Gasteiger partial charge in [-0.3, -0.25) is 14.4 Å². The lowest BCUT2D eigenvalue weighted by Crippen LogP contribution is -2.30. The highest BCUT2D eigenvalue weighted by Gasteiger charge is 2.16. The summed E-state index contributed by atoms with van der Waals surface area (Å²) in [4.78, 5) is 39.1. The Balaban J connectivity index is 1.41. The zero-order valence-electron chi connectivity index (χ0n) is 20.5. The summed E-state index contributed by atoms with van der Waals surface area (Å²) in [7, 11) is 1.54. The van der Waals surface area contributed by atoms with Crippen molar-refractivity contribution in [2.75, 3.05) is 23.5 Å². The number of furan rings is 1. The molecule has 38 heavy (non-hydrogen) atoms. The Kier molecular flexibility index (Phi) is 8.98. The molecule has 0 aliphatic heterocycles. The third kappa shape index (κ3) is 7.37. The molecule has 192 valence electrons. The fraction of sp³-hybridized carbons (Fsp3) is 0.0690. The highest BCUT2D eigenvalue weighted by atomic mass is 32.2. The molecular formula is C29H25N3O5S. The number of rotatable bonds is 10. The summed E-state index contributed by atoms with van der Waals surface area (Å²) in [5, 5.41) is 8.30. The summed E-state index contributed by atoms with van der Waals surface area (Å²) < 4.78 is 10.6. The van der Waals surface area contributed by atoms with Crippen LogP contribution in [0.3, 0.4) is 0 Å². The van der Waals surface area contributed by atoms with Gasteiger partial charge in [0.15, 0.2) is 0 Å². The van der Waals surface area contributed by atoms with E-state index in [4.69, 9.17) is 9.15 Å². The monoisotopic (exact) mass is 527 g/mol. The first-order chi connectivity index (χ1) is 18.5. The first-order valence-corrected chi connectivity index (χ1v) is 12.6. The number of thioether (sulfide) groups is 1. The van der Waals surface area contributed by atoms with Crippen LogP contribution in [0.1, 0.15) is 16.1 Å². The molecule has 0 spiro atoms. The van der Waals surface area contributed by atoms with Crippen molar-refractivity contribution in [2.24, 2.45) is 0 Å². The molecule has 9 heteroatoms. The zero-order chi connectivity index (χ0) is 26.7. The number of nitrogens with one attached hydrogen (secondary N) is 3. The summed E-state index contributed by atoms with van der Waals surface area (Å²) in [6, 6.07) is 26.2. The molecule has 3 aromatic carbocycles. The molecule has 0 radical (unpaired) electrons. The maximum Gasteiger partial charge on any atom is 0.272 e. The molecule has 0 aliphatic rings. The van der Waals surface area contributed by atoms with Gasteiger partial charge in [0.05, 0.1) is 24.8 Å². The van der Waals surface area contributed by atoms with Gasteiger partial charge in [0, 0.05) is 22.2 Å². The Morgan fingerprint density at radius 2 is 1.68 bits per heavy atom. The Morgan fingerprint density at radius 3 is 2.45 bits per heavy atom. The number of hydrogen-bond acceptors (Lipinski definition) is 6. The van der Waals surface area contributed by atoms with E-state index in [9.17, 15) is 14.4 Å². The minimum Gasteiger partial charge on any atom is -0.495 e. The average Bonchev–Trinajstić information content (AvgIpc) is 3.46. The van der Waals surface area contributed by atoms with Crippen LogP contribution in [-0.2, 0) is 9.59 Å². The number of amides is 3. The molecule has 3 N–H and O–H groups in total. The standard InChI is InChI=1S/C29H25N3O5S/c1-36-26-15-6-5-14-24(26)31-27(33)19-38-23-13-7-11-21(17-23)30-29(35)25(18-22-12-8-16-37-22)32-28(34)20-9-3-2-4-10-20/h2-18H,19H2,1H3,(H,30,35)(H,31,33)(H,32,34)/b25-18-. The number of methoxy groups -OCH3 is 1. The quantitative estimate of drug-likeness (QED) is 0.187. The summed E-state index contributed by atoms with van der Waals surface area (Å²) in [5.41, 5.74) is 1.53. The molecule has 8 nitrogen and oxygen atoms in total. The molecular weight excluding hydrogens is 502 g/mol. The van der Waals surface area contributed by atoms with Crippen LogP contribution in [0, 0.1) is 0 Å². The van der Waals surface area contributed by atoms with Crippen LogP contribution in [0.25, 0.3) is 6.08 Å². The van der Waals surface area contributed by atoms with Gasteiger partial charge in [-0.15, -0.1) is 11.8 Å². The first-order valence-electron chi connectivity index (χ1n) is 11.6. The SMILES string of the molecule is COc1ccccc1NC(=O)CSc1cccc(NC(=O)/C(=C/c2ccco2)NC(=O)c2ccccc2)c1. The van der Waals surface area contributed by atoms with Gasteiger partial charge in [-0.1, -0.05) is 36.4 Å². The Hall–Kier alpha value is -4.76. The molecule has 1 aromatic heterocycles. The third-order valence-electron chi connectivity index (χ3n) is 5.20. The van der Waals surface area contributed by atoms with Crippen molar-refractivity contribution in [3.8, 4) is 5.75 Å². The van der Waals surface area contributed by atoms with Gasteiger partial charge in [0.2, 0.25) is 5.91 Å². The van der Waals surface area contributed by atoms with Crippen LogP contribution in [0.2, 0.25) is 0 Å². The summed E-state index contributed by atoms with van der Waals surface area (Å²) >= 11 is 1.32. The normalized spacial score (nSPS) is 10.9. The second-order valence-electron chi connectivity index (χ2n) is 7.91. The van der Waals surface area contributed by atoms with Crippen molar-refractivity contribution in [3.05, 3.63) is 114 Å². The molecule has 4 aromatic rings. The second-order valence-corrected chi connectivity index (χ2v) is 8.96. The smallest absolute Gasteiger partial charge is 0.272 e.